The zero-order valence-corrected chi connectivity index (χ0v) is 14.7. The van der Waals surface area contributed by atoms with Gasteiger partial charge in [-0.1, -0.05) is 37.8 Å². The van der Waals surface area contributed by atoms with Crippen LogP contribution in [0.2, 0.25) is 0 Å². The Balaban J connectivity index is 1.49. The van der Waals surface area contributed by atoms with Crippen molar-refractivity contribution in [3.63, 3.8) is 0 Å². The van der Waals surface area contributed by atoms with E-state index >= 15 is 0 Å². The number of nitrogens with zero attached hydrogens (tertiary/aromatic N) is 2. The van der Waals surface area contributed by atoms with E-state index in [0.29, 0.717) is 5.91 Å². The number of hydrogen-bond acceptors (Lipinski definition) is 2. The Labute approximate surface area is 140 Å². The van der Waals surface area contributed by atoms with Crippen LogP contribution in [-0.4, -0.2) is 37.0 Å². The van der Waals surface area contributed by atoms with Crippen LogP contribution in [0.4, 0.5) is 5.69 Å². The van der Waals surface area contributed by atoms with Crippen LogP contribution in [0.25, 0.3) is 0 Å². The van der Waals surface area contributed by atoms with Gasteiger partial charge in [-0.2, -0.15) is 0 Å². The van der Waals surface area contributed by atoms with Crippen molar-refractivity contribution in [2.45, 2.75) is 52.4 Å². The summed E-state index contributed by atoms with van der Waals surface area (Å²) in [5.74, 6) is 1.19. The number of piperazine rings is 1. The predicted octanol–water partition coefficient (Wildman–Crippen LogP) is 3.92. The van der Waals surface area contributed by atoms with Crippen LogP contribution in [-0.2, 0) is 4.79 Å². The molecule has 2 fully saturated rings. The van der Waals surface area contributed by atoms with Gasteiger partial charge in [0.1, 0.15) is 0 Å². The number of hydrogen-bond donors (Lipinski definition) is 0. The fourth-order valence-electron chi connectivity index (χ4n) is 4.06. The number of benzene rings is 1. The summed E-state index contributed by atoms with van der Waals surface area (Å²) in [6, 6.07) is 6.51. The first-order chi connectivity index (χ1) is 11.1. The number of carbonyl (C=O) groups is 1. The first-order valence-electron chi connectivity index (χ1n) is 9.24. The average Bonchev–Trinajstić information content (AvgIpc) is 3.09. The molecule has 1 heterocycles. The minimum atomic E-state index is 0.373. The van der Waals surface area contributed by atoms with Gasteiger partial charge in [-0.05, 0) is 43.4 Å². The summed E-state index contributed by atoms with van der Waals surface area (Å²) in [4.78, 5) is 16.9. The molecule has 1 aliphatic carbocycles. The average molecular weight is 314 g/mol. The first-order valence-corrected chi connectivity index (χ1v) is 9.24. The lowest BCUT2D eigenvalue weighted by Crippen LogP contribution is -2.49. The largest absolute Gasteiger partial charge is 0.368 e. The molecule has 0 aromatic heterocycles. The van der Waals surface area contributed by atoms with Crippen LogP contribution in [0.1, 0.15) is 49.7 Å². The third-order valence-corrected chi connectivity index (χ3v) is 5.79. The summed E-state index contributed by atoms with van der Waals surface area (Å²) in [6.07, 6.45) is 7.28. The second kappa shape index (κ2) is 7.37. The van der Waals surface area contributed by atoms with Crippen molar-refractivity contribution in [1.29, 1.82) is 0 Å². The molecule has 23 heavy (non-hydrogen) atoms. The Morgan fingerprint density at radius 2 is 1.78 bits per heavy atom. The third-order valence-electron chi connectivity index (χ3n) is 5.79. The molecule has 126 valence electrons. The quantitative estimate of drug-likeness (QED) is 0.841. The highest BCUT2D eigenvalue weighted by molar-refractivity contribution is 5.76. The van der Waals surface area contributed by atoms with Crippen molar-refractivity contribution in [1.82, 2.24) is 4.90 Å². The van der Waals surface area contributed by atoms with Crippen molar-refractivity contribution >= 4 is 11.6 Å². The molecule has 0 unspecified atom stereocenters. The zero-order valence-electron chi connectivity index (χ0n) is 14.7. The Morgan fingerprint density at radius 1 is 1.09 bits per heavy atom. The number of anilines is 1. The molecule has 0 radical (unpaired) electrons. The zero-order chi connectivity index (χ0) is 16.2. The highest BCUT2D eigenvalue weighted by Crippen LogP contribution is 2.29. The molecule has 1 saturated heterocycles. The Kier molecular flexibility index (Phi) is 5.24. The number of aryl methyl sites for hydroxylation is 1. The summed E-state index contributed by atoms with van der Waals surface area (Å²) in [6.45, 7) is 8.03. The molecule has 1 amide bonds. The second-order valence-corrected chi connectivity index (χ2v) is 7.28. The normalized spacial score (nSPS) is 19.4. The lowest BCUT2D eigenvalue weighted by Gasteiger charge is -2.37. The molecule has 2 aliphatic rings. The van der Waals surface area contributed by atoms with Gasteiger partial charge in [-0.15, -0.1) is 0 Å². The lowest BCUT2D eigenvalue weighted by molar-refractivity contribution is -0.131. The van der Waals surface area contributed by atoms with Gasteiger partial charge in [-0.3, -0.25) is 4.79 Å². The monoisotopic (exact) mass is 314 g/mol. The highest BCUT2D eigenvalue weighted by atomic mass is 16.2. The molecule has 1 aliphatic heterocycles. The maximum Gasteiger partial charge on any atom is 0.222 e. The minimum absolute atomic E-state index is 0.373. The minimum Gasteiger partial charge on any atom is -0.368 e. The standard InChI is InChI=1S/C20H30N2O/c1-16-6-5-9-19(17(16)2)21-12-14-22(15-13-21)20(23)11-10-18-7-3-4-8-18/h5-6,9,18H,3-4,7-8,10-15H2,1-2H3. The fraction of sp³-hybridized carbons (Fsp3) is 0.650. The van der Waals surface area contributed by atoms with Crippen LogP contribution in [0.5, 0.6) is 0 Å². The van der Waals surface area contributed by atoms with Crippen molar-refractivity contribution in [2.24, 2.45) is 5.92 Å². The van der Waals surface area contributed by atoms with E-state index in [2.05, 4.69) is 41.8 Å². The second-order valence-electron chi connectivity index (χ2n) is 7.28. The molecule has 1 aromatic carbocycles. The Morgan fingerprint density at radius 3 is 2.48 bits per heavy atom. The van der Waals surface area contributed by atoms with Crippen molar-refractivity contribution < 1.29 is 4.79 Å². The van der Waals surface area contributed by atoms with E-state index in [0.717, 1.165) is 44.9 Å². The summed E-state index contributed by atoms with van der Waals surface area (Å²) in [5, 5.41) is 0. The SMILES string of the molecule is Cc1cccc(N2CCN(C(=O)CCC3CCCC3)CC2)c1C. The van der Waals surface area contributed by atoms with Crippen LogP contribution in [0, 0.1) is 19.8 Å². The van der Waals surface area contributed by atoms with E-state index < -0.39 is 0 Å². The van der Waals surface area contributed by atoms with E-state index in [-0.39, 0.29) is 0 Å². The number of rotatable bonds is 4. The highest BCUT2D eigenvalue weighted by Gasteiger charge is 2.23. The fourth-order valence-corrected chi connectivity index (χ4v) is 4.06. The van der Waals surface area contributed by atoms with E-state index in [1.54, 1.807) is 0 Å². The van der Waals surface area contributed by atoms with E-state index in [4.69, 9.17) is 0 Å². The van der Waals surface area contributed by atoms with E-state index in [9.17, 15) is 4.79 Å². The van der Waals surface area contributed by atoms with Gasteiger partial charge in [-0.25, -0.2) is 0 Å². The van der Waals surface area contributed by atoms with Crippen molar-refractivity contribution in [3.8, 4) is 0 Å². The summed E-state index contributed by atoms with van der Waals surface area (Å²) >= 11 is 0. The Bertz CT molecular complexity index is 541. The van der Waals surface area contributed by atoms with Gasteiger partial charge in [0, 0.05) is 38.3 Å². The molecule has 0 spiro atoms. The van der Waals surface area contributed by atoms with Crippen LogP contribution >= 0.6 is 0 Å². The Hall–Kier alpha value is -1.51. The first kappa shape index (κ1) is 16.4. The van der Waals surface area contributed by atoms with E-state index in [1.165, 1.54) is 42.5 Å². The van der Waals surface area contributed by atoms with Crippen molar-refractivity contribution in [2.75, 3.05) is 31.1 Å². The van der Waals surface area contributed by atoms with Gasteiger partial charge in [0.15, 0.2) is 0 Å². The summed E-state index contributed by atoms with van der Waals surface area (Å²) in [7, 11) is 0. The summed E-state index contributed by atoms with van der Waals surface area (Å²) in [5.41, 5.74) is 4.05. The maximum atomic E-state index is 12.4. The van der Waals surface area contributed by atoms with Gasteiger partial charge < -0.3 is 9.80 Å². The molecule has 0 atom stereocenters. The molecule has 3 nitrogen and oxygen atoms in total. The number of amides is 1. The maximum absolute atomic E-state index is 12.4. The molecule has 1 saturated carbocycles. The smallest absolute Gasteiger partial charge is 0.222 e. The van der Waals surface area contributed by atoms with Crippen molar-refractivity contribution in [3.05, 3.63) is 29.3 Å². The molecule has 3 heteroatoms. The number of carbonyl (C=O) groups excluding carboxylic acids is 1. The van der Waals surface area contributed by atoms with Crippen LogP contribution < -0.4 is 4.90 Å². The lowest BCUT2D eigenvalue weighted by atomic mass is 10.0. The van der Waals surface area contributed by atoms with Crippen LogP contribution in [0.3, 0.4) is 0 Å². The molecule has 0 N–H and O–H groups in total. The molecular weight excluding hydrogens is 284 g/mol. The topological polar surface area (TPSA) is 23.6 Å². The molecular formula is C20H30N2O. The van der Waals surface area contributed by atoms with Gasteiger partial charge in [0.2, 0.25) is 5.91 Å². The van der Waals surface area contributed by atoms with Gasteiger partial charge in [0.25, 0.3) is 0 Å². The third kappa shape index (κ3) is 3.88. The molecule has 1 aromatic rings. The molecule has 0 bridgehead atoms. The summed E-state index contributed by atoms with van der Waals surface area (Å²) < 4.78 is 0. The van der Waals surface area contributed by atoms with Gasteiger partial charge in [0.05, 0.1) is 0 Å². The molecule has 3 rings (SSSR count). The van der Waals surface area contributed by atoms with Gasteiger partial charge >= 0.3 is 0 Å². The van der Waals surface area contributed by atoms with Crippen LogP contribution in [0.15, 0.2) is 18.2 Å². The van der Waals surface area contributed by atoms with E-state index in [1.807, 2.05) is 0 Å². The predicted molar refractivity (Wildman–Crippen MR) is 95.9 cm³/mol.